The maximum atomic E-state index is 12.5. The third-order valence-corrected chi connectivity index (χ3v) is 3.93. The third kappa shape index (κ3) is 2.06. The van der Waals surface area contributed by atoms with Crippen molar-refractivity contribution in [3.05, 3.63) is 34.0 Å². The minimum atomic E-state index is -0.192. The Morgan fingerprint density at radius 1 is 1.45 bits per heavy atom. The predicted octanol–water partition coefficient (Wildman–Crippen LogP) is 0.824. The Kier molecular flexibility index (Phi) is 3.40. The van der Waals surface area contributed by atoms with Crippen molar-refractivity contribution < 1.29 is 5.11 Å². The zero-order valence-corrected chi connectivity index (χ0v) is 11.5. The van der Waals surface area contributed by atoms with E-state index in [1.807, 2.05) is 6.92 Å². The fourth-order valence-electron chi connectivity index (χ4n) is 2.88. The Balaban J connectivity index is 2.24. The highest BCUT2D eigenvalue weighted by Crippen LogP contribution is 2.26. The first-order chi connectivity index (χ1) is 9.72. The van der Waals surface area contributed by atoms with Crippen LogP contribution >= 0.6 is 0 Å². The Hall–Kier alpha value is -1.95. The molecule has 0 atom stereocenters. The molecule has 0 bridgehead atoms. The summed E-state index contributed by atoms with van der Waals surface area (Å²) in [5, 5.41) is 13.1. The molecule has 0 spiro atoms. The monoisotopic (exact) mass is 274 g/mol. The van der Waals surface area contributed by atoms with Gasteiger partial charge in [0.1, 0.15) is 0 Å². The lowest BCUT2D eigenvalue weighted by Gasteiger charge is -2.24. The molecule has 20 heavy (non-hydrogen) atoms. The zero-order valence-electron chi connectivity index (χ0n) is 11.5. The van der Waals surface area contributed by atoms with Gasteiger partial charge in [0, 0.05) is 23.9 Å². The lowest BCUT2D eigenvalue weighted by Crippen LogP contribution is -2.30. The van der Waals surface area contributed by atoms with Crippen LogP contribution in [0.5, 0.6) is 5.88 Å². The van der Waals surface area contributed by atoms with Gasteiger partial charge in [0.2, 0.25) is 5.65 Å². The van der Waals surface area contributed by atoms with Crippen molar-refractivity contribution in [2.75, 3.05) is 13.1 Å². The quantitative estimate of drug-likeness (QED) is 0.847. The molecule has 3 heterocycles. The standard InChI is InChI=1S/C14H18N4O2/c1-2-10-11(9-3-5-15-6-4-9)17-12-13(19)16-7-8-18(12)14(10)20/h7-9,15H,2-6H2,1H3,(H,16,19). The van der Waals surface area contributed by atoms with Crippen LogP contribution < -0.4 is 10.9 Å². The fraction of sp³-hybridized carbons (Fsp3) is 0.500. The van der Waals surface area contributed by atoms with Crippen molar-refractivity contribution in [1.82, 2.24) is 19.7 Å². The molecular weight excluding hydrogens is 256 g/mol. The van der Waals surface area contributed by atoms with Crippen LogP contribution in [0.25, 0.3) is 5.65 Å². The van der Waals surface area contributed by atoms with Gasteiger partial charge in [-0.15, -0.1) is 0 Å². The van der Waals surface area contributed by atoms with Crippen molar-refractivity contribution in [2.24, 2.45) is 0 Å². The summed E-state index contributed by atoms with van der Waals surface area (Å²) in [5.41, 5.74) is 1.74. The highest BCUT2D eigenvalue weighted by atomic mass is 16.3. The van der Waals surface area contributed by atoms with Crippen LogP contribution in [-0.4, -0.2) is 32.6 Å². The lowest BCUT2D eigenvalue weighted by molar-refractivity contribution is 0.443. The second kappa shape index (κ2) is 5.20. The fourth-order valence-corrected chi connectivity index (χ4v) is 2.88. The van der Waals surface area contributed by atoms with E-state index in [2.05, 4.69) is 15.3 Å². The maximum absolute atomic E-state index is 12.5. The summed E-state index contributed by atoms with van der Waals surface area (Å²) < 4.78 is 1.38. The second-order valence-corrected chi connectivity index (χ2v) is 5.10. The van der Waals surface area contributed by atoms with E-state index < -0.39 is 0 Å². The van der Waals surface area contributed by atoms with Gasteiger partial charge in [0.25, 0.3) is 11.4 Å². The number of aromatic nitrogens is 3. The molecule has 0 amide bonds. The van der Waals surface area contributed by atoms with Gasteiger partial charge in [-0.2, -0.15) is 0 Å². The Morgan fingerprint density at radius 3 is 2.90 bits per heavy atom. The Morgan fingerprint density at radius 2 is 2.20 bits per heavy atom. The summed E-state index contributed by atoms with van der Waals surface area (Å²) in [6.45, 7) is 3.85. The molecule has 0 aliphatic carbocycles. The minimum Gasteiger partial charge on any atom is -0.491 e. The first-order valence-corrected chi connectivity index (χ1v) is 7.02. The van der Waals surface area contributed by atoms with Gasteiger partial charge < -0.3 is 10.4 Å². The average Bonchev–Trinajstić information content (AvgIpc) is 2.49. The van der Waals surface area contributed by atoms with Crippen molar-refractivity contribution in [2.45, 2.75) is 32.1 Å². The van der Waals surface area contributed by atoms with E-state index in [0.29, 0.717) is 6.42 Å². The molecule has 6 heteroatoms. The largest absolute Gasteiger partial charge is 0.491 e. The van der Waals surface area contributed by atoms with Crippen molar-refractivity contribution in [3.8, 4) is 5.88 Å². The van der Waals surface area contributed by atoms with Crippen molar-refractivity contribution in [3.63, 3.8) is 0 Å². The van der Waals surface area contributed by atoms with Gasteiger partial charge in [0.15, 0.2) is 0 Å². The van der Waals surface area contributed by atoms with E-state index in [9.17, 15) is 9.90 Å². The first-order valence-electron chi connectivity index (χ1n) is 7.02. The molecule has 1 aliphatic rings. The van der Waals surface area contributed by atoms with Gasteiger partial charge in [-0.05, 0) is 32.4 Å². The van der Waals surface area contributed by atoms with Crippen molar-refractivity contribution in [1.29, 1.82) is 0 Å². The van der Waals surface area contributed by atoms with Crippen LogP contribution in [0.3, 0.4) is 0 Å². The molecule has 3 rings (SSSR count). The number of hydrogen-bond acceptors (Lipinski definition) is 5. The predicted molar refractivity (Wildman–Crippen MR) is 75.1 cm³/mol. The van der Waals surface area contributed by atoms with Crippen LogP contribution in [0.2, 0.25) is 0 Å². The number of nitrogens with zero attached hydrogens (tertiary/aromatic N) is 3. The highest BCUT2D eigenvalue weighted by molar-refractivity contribution is 5.49. The Bertz CT molecular complexity index is 689. The summed E-state index contributed by atoms with van der Waals surface area (Å²) in [7, 11) is 0. The lowest BCUT2D eigenvalue weighted by atomic mass is 9.91. The number of fused-ring (bicyclic) bond motifs is 1. The van der Waals surface area contributed by atoms with E-state index in [1.165, 1.54) is 10.6 Å². The summed E-state index contributed by atoms with van der Waals surface area (Å²) in [6, 6.07) is 0. The highest BCUT2D eigenvalue weighted by Gasteiger charge is 2.23. The molecule has 2 aromatic heterocycles. The molecule has 1 aliphatic heterocycles. The summed E-state index contributed by atoms with van der Waals surface area (Å²) in [5.74, 6) is 0.0888. The summed E-state index contributed by atoms with van der Waals surface area (Å²) >= 11 is 0. The number of piperidine rings is 1. The first kappa shape index (κ1) is 13.1. The van der Waals surface area contributed by atoms with Crippen LogP contribution in [0.1, 0.15) is 36.9 Å². The molecule has 0 unspecified atom stereocenters. The summed E-state index contributed by atoms with van der Waals surface area (Å²) in [6.07, 6.45) is 5.55. The average molecular weight is 274 g/mol. The van der Waals surface area contributed by atoms with Crippen LogP contribution in [0.4, 0.5) is 0 Å². The third-order valence-electron chi connectivity index (χ3n) is 3.93. The van der Waals surface area contributed by atoms with E-state index in [0.717, 1.165) is 37.2 Å². The van der Waals surface area contributed by atoms with Gasteiger partial charge in [0.05, 0.1) is 5.69 Å². The summed E-state index contributed by atoms with van der Waals surface area (Å²) in [4.78, 5) is 20.9. The van der Waals surface area contributed by atoms with Crippen LogP contribution in [-0.2, 0) is 6.42 Å². The minimum absolute atomic E-state index is 0.0938. The number of aromatic hydroxyl groups is 1. The smallest absolute Gasteiger partial charge is 0.261 e. The number of hydrogen-bond donors (Lipinski definition) is 2. The zero-order chi connectivity index (χ0) is 14.1. The van der Waals surface area contributed by atoms with Gasteiger partial charge in [-0.25, -0.2) is 9.97 Å². The number of rotatable bonds is 2. The Labute approximate surface area is 116 Å². The maximum Gasteiger partial charge on any atom is 0.261 e. The molecule has 1 saturated heterocycles. The van der Waals surface area contributed by atoms with E-state index in [4.69, 9.17) is 0 Å². The van der Waals surface area contributed by atoms with E-state index >= 15 is 0 Å². The van der Waals surface area contributed by atoms with Crippen molar-refractivity contribution >= 4 is 5.65 Å². The molecule has 6 nitrogen and oxygen atoms in total. The molecule has 0 saturated carbocycles. The van der Waals surface area contributed by atoms with E-state index in [-0.39, 0.29) is 23.0 Å². The van der Waals surface area contributed by atoms with E-state index in [1.54, 1.807) is 6.20 Å². The van der Waals surface area contributed by atoms with Gasteiger partial charge >= 0.3 is 0 Å². The molecule has 0 radical (unpaired) electrons. The molecule has 106 valence electrons. The molecular formula is C14H18N4O2. The van der Waals surface area contributed by atoms with Gasteiger partial charge in [-0.1, -0.05) is 6.92 Å². The molecule has 0 aromatic carbocycles. The molecule has 1 fully saturated rings. The molecule has 2 N–H and O–H groups in total. The topological polar surface area (TPSA) is 79.5 Å². The number of nitrogens with one attached hydrogen (secondary N) is 1. The molecule has 2 aromatic rings. The SMILES string of the molecule is CCc1c(C2CCNCC2)nc2c(O)nccn2c1=O. The van der Waals surface area contributed by atoms with Crippen LogP contribution in [0, 0.1) is 0 Å². The van der Waals surface area contributed by atoms with Gasteiger partial charge in [-0.3, -0.25) is 9.20 Å². The van der Waals surface area contributed by atoms with Crippen LogP contribution in [0.15, 0.2) is 17.2 Å². The normalized spacial score (nSPS) is 16.6. The second-order valence-electron chi connectivity index (χ2n) is 5.10.